The van der Waals surface area contributed by atoms with Crippen LogP contribution in [0.4, 0.5) is 0 Å². The molecule has 0 heterocycles. The van der Waals surface area contributed by atoms with E-state index >= 15 is 0 Å². The molecule has 3 unspecified atom stereocenters. The molecule has 0 saturated heterocycles. The predicted octanol–water partition coefficient (Wildman–Crippen LogP) is 4.28. The van der Waals surface area contributed by atoms with Gasteiger partial charge in [0.15, 0.2) is 6.29 Å². The highest BCUT2D eigenvalue weighted by molar-refractivity contribution is 4.96. The zero-order chi connectivity index (χ0) is 13.4. The highest BCUT2D eigenvalue weighted by atomic mass is 16.6. The second-order valence-electron chi connectivity index (χ2n) is 5.64. The molecule has 18 heavy (non-hydrogen) atoms. The largest absolute Gasteiger partial charge is 0.364 e. The van der Waals surface area contributed by atoms with E-state index < -0.39 is 6.29 Å². The van der Waals surface area contributed by atoms with Gasteiger partial charge in [-0.25, -0.2) is 0 Å². The second kappa shape index (κ2) is 8.71. The number of rotatable bonds is 8. The fraction of sp³-hybridized carbons (Fsp3) is 0.875. The second-order valence-corrected chi connectivity index (χ2v) is 5.64. The molecular formula is C16H30O2. The van der Waals surface area contributed by atoms with Gasteiger partial charge >= 0.3 is 0 Å². The standard InChI is InChI=1S/C16H30O2/c1-4-6-9-14-10-7-8-11-15(14)12-18-16(17)13(3)5-2/h14-17H,3-12H2,1-2H3. The lowest BCUT2D eigenvalue weighted by atomic mass is 9.77. The van der Waals surface area contributed by atoms with Crippen LogP contribution in [0, 0.1) is 11.8 Å². The van der Waals surface area contributed by atoms with E-state index in [0.717, 1.165) is 17.9 Å². The van der Waals surface area contributed by atoms with Gasteiger partial charge in [-0.2, -0.15) is 0 Å². The third-order valence-corrected chi connectivity index (χ3v) is 4.27. The highest BCUT2D eigenvalue weighted by Gasteiger charge is 2.25. The quantitative estimate of drug-likeness (QED) is 0.517. The number of aliphatic hydroxyl groups is 1. The zero-order valence-electron chi connectivity index (χ0n) is 12.2. The Hall–Kier alpha value is -0.340. The maximum Gasteiger partial charge on any atom is 0.176 e. The molecule has 0 amide bonds. The van der Waals surface area contributed by atoms with E-state index in [4.69, 9.17) is 4.74 Å². The summed E-state index contributed by atoms with van der Waals surface area (Å²) in [6, 6.07) is 0. The van der Waals surface area contributed by atoms with Crippen molar-refractivity contribution in [3.8, 4) is 0 Å². The number of unbranched alkanes of at least 4 members (excludes halogenated alkanes) is 1. The molecule has 0 spiro atoms. The molecule has 1 aliphatic carbocycles. The predicted molar refractivity (Wildman–Crippen MR) is 76.4 cm³/mol. The highest BCUT2D eigenvalue weighted by Crippen LogP contribution is 2.34. The lowest BCUT2D eigenvalue weighted by molar-refractivity contribution is -0.0947. The maximum absolute atomic E-state index is 9.79. The van der Waals surface area contributed by atoms with Crippen molar-refractivity contribution in [1.29, 1.82) is 0 Å². The molecule has 2 nitrogen and oxygen atoms in total. The van der Waals surface area contributed by atoms with Crippen LogP contribution in [-0.4, -0.2) is 18.0 Å². The SMILES string of the molecule is C=C(CC)C(O)OCC1CCCCC1CCCC. The molecule has 2 heteroatoms. The van der Waals surface area contributed by atoms with Gasteiger partial charge in [-0.15, -0.1) is 0 Å². The topological polar surface area (TPSA) is 29.5 Å². The first kappa shape index (κ1) is 15.7. The minimum absolute atomic E-state index is 0.643. The van der Waals surface area contributed by atoms with E-state index in [1.54, 1.807) is 0 Å². The van der Waals surface area contributed by atoms with Gasteiger partial charge in [0.1, 0.15) is 0 Å². The Bertz CT molecular complexity index is 237. The Morgan fingerprint density at radius 3 is 2.56 bits per heavy atom. The molecule has 0 radical (unpaired) electrons. The van der Waals surface area contributed by atoms with Gasteiger partial charge in [0.05, 0.1) is 6.61 Å². The Kier molecular flexibility index (Phi) is 7.60. The van der Waals surface area contributed by atoms with Crippen LogP contribution in [0.3, 0.4) is 0 Å². The van der Waals surface area contributed by atoms with Gasteiger partial charge in [-0.3, -0.25) is 0 Å². The van der Waals surface area contributed by atoms with Crippen molar-refractivity contribution < 1.29 is 9.84 Å². The summed E-state index contributed by atoms with van der Waals surface area (Å²) in [5, 5.41) is 9.79. The average Bonchev–Trinajstić information content (AvgIpc) is 2.42. The molecule has 0 bridgehead atoms. The first-order chi connectivity index (χ1) is 8.69. The molecule has 106 valence electrons. The number of ether oxygens (including phenoxy) is 1. The fourth-order valence-corrected chi connectivity index (χ4v) is 2.86. The first-order valence-corrected chi connectivity index (χ1v) is 7.66. The van der Waals surface area contributed by atoms with Gasteiger partial charge < -0.3 is 9.84 Å². The summed E-state index contributed by atoms with van der Waals surface area (Å²) in [6.45, 7) is 8.79. The van der Waals surface area contributed by atoms with Gasteiger partial charge in [0.25, 0.3) is 0 Å². The summed E-state index contributed by atoms with van der Waals surface area (Å²) >= 11 is 0. The van der Waals surface area contributed by atoms with Gasteiger partial charge in [-0.1, -0.05) is 59.0 Å². The molecule has 1 saturated carbocycles. The third kappa shape index (κ3) is 5.11. The molecule has 1 rings (SSSR count). The van der Waals surface area contributed by atoms with Crippen molar-refractivity contribution in [3.05, 3.63) is 12.2 Å². The van der Waals surface area contributed by atoms with E-state index in [1.807, 2.05) is 6.92 Å². The summed E-state index contributed by atoms with van der Waals surface area (Å²) in [7, 11) is 0. The van der Waals surface area contributed by atoms with E-state index in [9.17, 15) is 5.11 Å². The summed E-state index contributed by atoms with van der Waals surface area (Å²) < 4.78 is 5.60. The van der Waals surface area contributed by atoms with E-state index in [0.29, 0.717) is 12.5 Å². The van der Waals surface area contributed by atoms with Crippen LogP contribution >= 0.6 is 0 Å². The van der Waals surface area contributed by atoms with Crippen molar-refractivity contribution in [2.45, 2.75) is 71.5 Å². The van der Waals surface area contributed by atoms with Crippen LogP contribution < -0.4 is 0 Å². The van der Waals surface area contributed by atoms with Gasteiger partial charge in [0.2, 0.25) is 0 Å². The van der Waals surface area contributed by atoms with Crippen LogP contribution in [0.25, 0.3) is 0 Å². The number of aliphatic hydroxyl groups excluding tert-OH is 1. The number of hydrogen-bond donors (Lipinski definition) is 1. The Balaban J connectivity index is 2.34. The van der Waals surface area contributed by atoms with Crippen molar-refractivity contribution in [2.75, 3.05) is 6.61 Å². The van der Waals surface area contributed by atoms with Crippen molar-refractivity contribution in [1.82, 2.24) is 0 Å². The number of hydrogen-bond acceptors (Lipinski definition) is 2. The van der Waals surface area contributed by atoms with E-state index in [-0.39, 0.29) is 0 Å². The normalized spacial score (nSPS) is 25.9. The van der Waals surface area contributed by atoms with Crippen LogP contribution in [-0.2, 0) is 4.74 Å². The molecule has 1 N–H and O–H groups in total. The molecule has 0 aromatic carbocycles. The van der Waals surface area contributed by atoms with Crippen molar-refractivity contribution in [2.24, 2.45) is 11.8 Å². The van der Waals surface area contributed by atoms with Crippen LogP contribution in [0.5, 0.6) is 0 Å². The molecule has 1 aliphatic rings. The summed E-state index contributed by atoms with van der Waals surface area (Å²) in [6.07, 6.45) is 9.25. The van der Waals surface area contributed by atoms with Crippen LogP contribution in [0.1, 0.15) is 65.2 Å². The van der Waals surface area contributed by atoms with Crippen LogP contribution in [0.2, 0.25) is 0 Å². The minimum Gasteiger partial charge on any atom is -0.364 e. The Morgan fingerprint density at radius 2 is 1.94 bits per heavy atom. The Labute approximate surface area is 112 Å². The maximum atomic E-state index is 9.79. The lowest BCUT2D eigenvalue weighted by Crippen LogP contribution is -2.27. The Morgan fingerprint density at radius 1 is 1.28 bits per heavy atom. The van der Waals surface area contributed by atoms with Crippen molar-refractivity contribution in [3.63, 3.8) is 0 Å². The van der Waals surface area contributed by atoms with Gasteiger partial charge in [-0.05, 0) is 30.3 Å². The smallest absolute Gasteiger partial charge is 0.176 e. The average molecular weight is 254 g/mol. The summed E-state index contributed by atoms with van der Waals surface area (Å²) in [5.74, 6) is 1.45. The molecular weight excluding hydrogens is 224 g/mol. The van der Waals surface area contributed by atoms with E-state index in [1.165, 1.54) is 44.9 Å². The van der Waals surface area contributed by atoms with E-state index in [2.05, 4.69) is 13.5 Å². The molecule has 0 aliphatic heterocycles. The van der Waals surface area contributed by atoms with Crippen LogP contribution in [0.15, 0.2) is 12.2 Å². The van der Waals surface area contributed by atoms with Crippen molar-refractivity contribution >= 4 is 0 Å². The summed E-state index contributed by atoms with van der Waals surface area (Å²) in [4.78, 5) is 0. The molecule has 3 atom stereocenters. The monoisotopic (exact) mass is 254 g/mol. The minimum atomic E-state index is -0.760. The molecule has 0 aromatic heterocycles. The third-order valence-electron chi connectivity index (χ3n) is 4.27. The summed E-state index contributed by atoms with van der Waals surface area (Å²) in [5.41, 5.74) is 0.788. The fourth-order valence-electron chi connectivity index (χ4n) is 2.86. The lowest BCUT2D eigenvalue weighted by Gasteiger charge is -2.32. The molecule has 0 aromatic rings. The zero-order valence-corrected chi connectivity index (χ0v) is 12.2. The first-order valence-electron chi connectivity index (χ1n) is 7.66. The molecule has 1 fully saturated rings. The van der Waals surface area contributed by atoms with Gasteiger partial charge in [0, 0.05) is 0 Å².